The first-order valence-electron chi connectivity index (χ1n) is 5.69. The maximum absolute atomic E-state index is 13.8. The van der Waals surface area contributed by atoms with Gasteiger partial charge in [-0.25, -0.2) is 4.39 Å². The number of halogens is 1. The highest BCUT2D eigenvalue weighted by Crippen LogP contribution is 2.30. The molecule has 88 valence electrons. The molecule has 0 aliphatic carbocycles. The molecular weight excluding hydrogens is 205 g/mol. The summed E-state index contributed by atoms with van der Waals surface area (Å²) in [5.41, 5.74) is 7.40. The molecule has 0 saturated carbocycles. The van der Waals surface area contributed by atoms with Gasteiger partial charge < -0.3 is 16.0 Å². The molecule has 3 N–H and O–H groups in total. The lowest BCUT2D eigenvalue weighted by molar-refractivity contribution is 0.498. The fourth-order valence-electron chi connectivity index (χ4n) is 2.25. The van der Waals surface area contributed by atoms with E-state index in [9.17, 15) is 4.39 Å². The highest BCUT2D eigenvalue weighted by atomic mass is 19.1. The van der Waals surface area contributed by atoms with Gasteiger partial charge in [-0.15, -0.1) is 0 Å². The Morgan fingerprint density at radius 3 is 3.00 bits per heavy atom. The topological polar surface area (TPSA) is 41.3 Å². The molecule has 1 aromatic carbocycles. The molecule has 1 unspecified atom stereocenters. The average molecular weight is 223 g/mol. The van der Waals surface area contributed by atoms with Gasteiger partial charge in [0.05, 0.1) is 11.4 Å². The first-order valence-corrected chi connectivity index (χ1v) is 5.69. The van der Waals surface area contributed by atoms with Gasteiger partial charge in [-0.3, -0.25) is 0 Å². The van der Waals surface area contributed by atoms with Crippen LogP contribution in [0.15, 0.2) is 18.2 Å². The predicted molar refractivity (Wildman–Crippen MR) is 65.4 cm³/mol. The first kappa shape index (κ1) is 11.2. The molecule has 16 heavy (non-hydrogen) atoms. The molecule has 1 heterocycles. The van der Waals surface area contributed by atoms with Gasteiger partial charge in [0.1, 0.15) is 5.82 Å². The monoisotopic (exact) mass is 223 g/mol. The zero-order valence-electron chi connectivity index (χ0n) is 9.54. The number of anilines is 2. The summed E-state index contributed by atoms with van der Waals surface area (Å²) in [7, 11) is 1.81. The number of nitrogens with two attached hydrogens (primary N) is 1. The largest absolute Gasteiger partial charge is 0.386 e. The Kier molecular flexibility index (Phi) is 3.29. The van der Waals surface area contributed by atoms with Crippen LogP contribution in [0.3, 0.4) is 0 Å². The number of hydrogen-bond acceptors (Lipinski definition) is 3. The molecule has 1 fully saturated rings. The molecule has 3 nitrogen and oxygen atoms in total. The third kappa shape index (κ3) is 2.11. The van der Waals surface area contributed by atoms with Gasteiger partial charge in [0.25, 0.3) is 0 Å². The van der Waals surface area contributed by atoms with Crippen LogP contribution in [0.5, 0.6) is 0 Å². The van der Waals surface area contributed by atoms with E-state index >= 15 is 0 Å². The van der Waals surface area contributed by atoms with Gasteiger partial charge >= 0.3 is 0 Å². The molecule has 4 heteroatoms. The summed E-state index contributed by atoms with van der Waals surface area (Å²) in [6, 6.07) is 5.25. The lowest BCUT2D eigenvalue weighted by atomic mass is 10.1. The quantitative estimate of drug-likeness (QED) is 0.803. The molecule has 0 aromatic heterocycles. The fraction of sp³-hybridized carbons (Fsp3) is 0.500. The third-order valence-electron chi connectivity index (χ3n) is 3.03. The molecule has 1 aliphatic rings. The van der Waals surface area contributed by atoms with E-state index in [-0.39, 0.29) is 11.9 Å². The van der Waals surface area contributed by atoms with Crippen molar-refractivity contribution in [3.05, 3.63) is 24.0 Å². The molecule has 1 saturated heterocycles. The van der Waals surface area contributed by atoms with Crippen molar-refractivity contribution in [3.63, 3.8) is 0 Å². The minimum absolute atomic E-state index is 0.151. The minimum Gasteiger partial charge on any atom is -0.386 e. The summed E-state index contributed by atoms with van der Waals surface area (Å²) >= 11 is 0. The van der Waals surface area contributed by atoms with Crippen LogP contribution in [0, 0.1) is 5.82 Å². The van der Waals surface area contributed by atoms with Crippen LogP contribution in [0.2, 0.25) is 0 Å². The van der Waals surface area contributed by atoms with Crippen molar-refractivity contribution < 1.29 is 4.39 Å². The van der Waals surface area contributed by atoms with E-state index in [0.717, 1.165) is 31.6 Å². The van der Waals surface area contributed by atoms with Crippen LogP contribution in [-0.4, -0.2) is 26.2 Å². The molecule has 1 atom stereocenters. The summed E-state index contributed by atoms with van der Waals surface area (Å²) < 4.78 is 13.8. The molecule has 0 amide bonds. The highest BCUT2D eigenvalue weighted by molar-refractivity contribution is 5.70. The Balaban J connectivity index is 2.30. The molecule has 0 spiro atoms. The van der Waals surface area contributed by atoms with E-state index in [0.29, 0.717) is 5.69 Å². The zero-order chi connectivity index (χ0) is 11.5. The predicted octanol–water partition coefficient (Wildman–Crippen LogP) is 1.79. The van der Waals surface area contributed by atoms with Gasteiger partial charge in [-0.2, -0.15) is 0 Å². The van der Waals surface area contributed by atoms with Crippen molar-refractivity contribution in [1.29, 1.82) is 0 Å². The molecule has 0 radical (unpaired) electrons. The normalized spacial score (nSPS) is 20.9. The summed E-state index contributed by atoms with van der Waals surface area (Å²) in [5, 5.41) is 3.03. The van der Waals surface area contributed by atoms with E-state index in [1.165, 1.54) is 6.07 Å². The molecular formula is C12H18FN3. The van der Waals surface area contributed by atoms with E-state index < -0.39 is 0 Å². The number of piperidine rings is 1. The van der Waals surface area contributed by atoms with Crippen molar-refractivity contribution in [2.45, 2.75) is 18.9 Å². The second kappa shape index (κ2) is 4.70. The van der Waals surface area contributed by atoms with Crippen molar-refractivity contribution in [1.82, 2.24) is 0 Å². The van der Waals surface area contributed by atoms with Crippen LogP contribution in [-0.2, 0) is 0 Å². The minimum atomic E-state index is -0.180. The van der Waals surface area contributed by atoms with E-state index in [1.54, 1.807) is 6.07 Å². The smallest absolute Gasteiger partial charge is 0.148 e. The maximum Gasteiger partial charge on any atom is 0.148 e. The summed E-state index contributed by atoms with van der Waals surface area (Å²) in [4.78, 5) is 2.04. The second-order valence-corrected chi connectivity index (χ2v) is 4.23. The Morgan fingerprint density at radius 1 is 1.50 bits per heavy atom. The zero-order valence-corrected chi connectivity index (χ0v) is 9.54. The van der Waals surface area contributed by atoms with Crippen LogP contribution in [0.1, 0.15) is 12.8 Å². The van der Waals surface area contributed by atoms with E-state index in [1.807, 2.05) is 18.0 Å². The first-order chi connectivity index (χ1) is 7.72. The summed E-state index contributed by atoms with van der Waals surface area (Å²) in [6.45, 7) is 1.61. The van der Waals surface area contributed by atoms with E-state index in [4.69, 9.17) is 5.73 Å². The van der Waals surface area contributed by atoms with Crippen molar-refractivity contribution in [2.24, 2.45) is 5.73 Å². The van der Waals surface area contributed by atoms with Crippen molar-refractivity contribution in [2.75, 3.05) is 30.4 Å². The lowest BCUT2D eigenvalue weighted by Gasteiger charge is -2.34. The number of benzene rings is 1. The SMILES string of the molecule is CNc1cccc(F)c1N1CCCC(N)C1. The van der Waals surface area contributed by atoms with Gasteiger partial charge in [0.2, 0.25) is 0 Å². The van der Waals surface area contributed by atoms with Gasteiger partial charge in [0, 0.05) is 26.2 Å². The summed E-state index contributed by atoms with van der Waals surface area (Å²) in [6.07, 6.45) is 2.05. The standard InChI is InChI=1S/C12H18FN3/c1-15-11-6-2-5-10(13)12(11)16-7-3-4-9(14)8-16/h2,5-6,9,15H,3-4,7-8,14H2,1H3. The van der Waals surface area contributed by atoms with Gasteiger partial charge in [0.15, 0.2) is 0 Å². The number of hydrogen-bond donors (Lipinski definition) is 2. The fourth-order valence-corrected chi connectivity index (χ4v) is 2.25. The van der Waals surface area contributed by atoms with Gasteiger partial charge in [-0.1, -0.05) is 6.07 Å². The third-order valence-corrected chi connectivity index (χ3v) is 3.03. The van der Waals surface area contributed by atoms with Crippen LogP contribution < -0.4 is 16.0 Å². The van der Waals surface area contributed by atoms with Crippen LogP contribution in [0.25, 0.3) is 0 Å². The lowest BCUT2D eigenvalue weighted by Crippen LogP contribution is -2.43. The van der Waals surface area contributed by atoms with Crippen molar-refractivity contribution >= 4 is 11.4 Å². The second-order valence-electron chi connectivity index (χ2n) is 4.23. The average Bonchev–Trinajstić information content (AvgIpc) is 2.28. The maximum atomic E-state index is 13.8. The summed E-state index contributed by atoms with van der Waals surface area (Å²) in [5.74, 6) is -0.180. The molecule has 2 rings (SSSR count). The van der Waals surface area contributed by atoms with Crippen LogP contribution in [0.4, 0.5) is 15.8 Å². The van der Waals surface area contributed by atoms with Crippen molar-refractivity contribution in [3.8, 4) is 0 Å². The molecule has 1 aliphatic heterocycles. The Morgan fingerprint density at radius 2 is 2.31 bits per heavy atom. The Labute approximate surface area is 95.4 Å². The number of nitrogens with zero attached hydrogens (tertiary/aromatic N) is 1. The molecule has 1 aromatic rings. The van der Waals surface area contributed by atoms with Crippen LogP contribution >= 0.6 is 0 Å². The number of nitrogens with one attached hydrogen (secondary N) is 1. The molecule has 0 bridgehead atoms. The van der Waals surface area contributed by atoms with Gasteiger partial charge in [-0.05, 0) is 25.0 Å². The Hall–Kier alpha value is -1.29. The number of rotatable bonds is 2. The highest BCUT2D eigenvalue weighted by Gasteiger charge is 2.21. The Bertz CT molecular complexity index is 367. The number of para-hydroxylation sites is 1. The van der Waals surface area contributed by atoms with E-state index in [2.05, 4.69) is 5.32 Å².